The van der Waals surface area contributed by atoms with Crippen LogP contribution in [0.4, 0.5) is 0 Å². The number of pyridine rings is 2. The van der Waals surface area contributed by atoms with Crippen LogP contribution >= 0.6 is 0 Å². The lowest BCUT2D eigenvalue weighted by Crippen LogP contribution is -1.92. The van der Waals surface area contributed by atoms with Crippen LogP contribution in [0.2, 0.25) is 0 Å². The Morgan fingerprint density at radius 3 is 1.37 bits per heavy atom. The maximum atomic E-state index is 6.77. The highest BCUT2D eigenvalue weighted by molar-refractivity contribution is 6.11. The summed E-state index contributed by atoms with van der Waals surface area (Å²) in [7, 11) is 0. The van der Waals surface area contributed by atoms with E-state index in [1.165, 1.54) is 0 Å². The van der Waals surface area contributed by atoms with Crippen LogP contribution < -0.4 is 14.2 Å². The van der Waals surface area contributed by atoms with E-state index in [1.54, 1.807) is 24.5 Å². The highest BCUT2D eigenvalue weighted by Gasteiger charge is 2.20. The van der Waals surface area contributed by atoms with Gasteiger partial charge in [-0.1, -0.05) is 48.5 Å². The van der Waals surface area contributed by atoms with E-state index in [0.717, 1.165) is 32.7 Å². The van der Waals surface area contributed by atoms with Gasteiger partial charge in [0.15, 0.2) is 0 Å². The van der Waals surface area contributed by atoms with Gasteiger partial charge < -0.3 is 23.0 Å². The van der Waals surface area contributed by atoms with Gasteiger partial charge in [-0.3, -0.25) is 0 Å². The molecule has 0 saturated carbocycles. The van der Waals surface area contributed by atoms with E-state index >= 15 is 0 Å². The Labute approximate surface area is 233 Å². The number of hydrogen-bond donors (Lipinski definition) is 0. The predicted molar refractivity (Wildman–Crippen MR) is 156 cm³/mol. The zero-order valence-corrected chi connectivity index (χ0v) is 21.5. The number of benzene rings is 4. The highest BCUT2D eigenvalue weighted by Crippen LogP contribution is 2.45. The molecule has 0 aliphatic rings. The molecule has 4 aromatic heterocycles. The average Bonchev–Trinajstić information content (AvgIpc) is 3.56. The minimum absolute atomic E-state index is 0.461. The Morgan fingerprint density at radius 2 is 0.902 bits per heavy atom. The van der Waals surface area contributed by atoms with E-state index < -0.39 is 0 Å². The summed E-state index contributed by atoms with van der Waals surface area (Å²) in [5.41, 5.74) is 2.74. The number of aromatic nitrogens is 2. The topological polar surface area (TPSA) is 79.8 Å². The minimum Gasteiger partial charge on any atom is -0.456 e. The third-order valence-electron chi connectivity index (χ3n) is 6.77. The summed E-state index contributed by atoms with van der Waals surface area (Å²) in [4.78, 5) is 8.60. The summed E-state index contributed by atoms with van der Waals surface area (Å²) in [5.74, 6) is 3.09. The van der Waals surface area contributed by atoms with E-state index in [4.69, 9.17) is 23.0 Å². The molecule has 0 aliphatic carbocycles. The predicted octanol–water partition coefficient (Wildman–Crippen LogP) is 9.65. The van der Waals surface area contributed by atoms with Crippen LogP contribution in [0, 0.1) is 0 Å². The summed E-state index contributed by atoms with van der Waals surface area (Å²) in [6.45, 7) is 0. The molecule has 7 nitrogen and oxygen atoms in total. The second-order valence-corrected chi connectivity index (χ2v) is 9.43. The molecule has 0 amide bonds. The third kappa shape index (κ3) is 4.17. The first-order chi connectivity index (χ1) is 20.3. The molecule has 0 radical (unpaired) electrons. The van der Waals surface area contributed by atoms with Crippen molar-refractivity contribution < 1.29 is 23.0 Å². The molecule has 0 unspecified atom stereocenters. The van der Waals surface area contributed by atoms with E-state index in [9.17, 15) is 0 Å². The zero-order chi connectivity index (χ0) is 27.2. The maximum Gasteiger partial charge on any atom is 0.219 e. The normalized spacial score (nSPS) is 11.4. The molecular weight excluding hydrogens is 516 g/mol. The first kappa shape index (κ1) is 23.1. The lowest BCUT2D eigenvalue weighted by atomic mass is 10.1. The molecule has 0 aliphatic heterocycles. The Kier molecular flexibility index (Phi) is 5.31. The van der Waals surface area contributed by atoms with Gasteiger partial charge >= 0.3 is 0 Å². The molecule has 0 fully saturated rings. The quantitative estimate of drug-likeness (QED) is 0.209. The monoisotopic (exact) mass is 536 g/mol. The molecule has 4 aromatic carbocycles. The van der Waals surface area contributed by atoms with Gasteiger partial charge in [-0.15, -0.1) is 0 Å². The third-order valence-corrected chi connectivity index (χ3v) is 6.77. The van der Waals surface area contributed by atoms with Crippen LogP contribution in [0.1, 0.15) is 0 Å². The van der Waals surface area contributed by atoms with Crippen molar-refractivity contribution in [1.29, 1.82) is 0 Å². The molecular formula is C34H20N2O5. The van der Waals surface area contributed by atoms with Gasteiger partial charge in [0, 0.05) is 59.6 Å². The second kappa shape index (κ2) is 9.43. The van der Waals surface area contributed by atoms with Crippen molar-refractivity contribution in [2.45, 2.75) is 0 Å². The van der Waals surface area contributed by atoms with Gasteiger partial charge in [0.05, 0.1) is 10.8 Å². The van der Waals surface area contributed by atoms with Gasteiger partial charge in [-0.25, -0.2) is 9.97 Å². The van der Waals surface area contributed by atoms with Crippen molar-refractivity contribution in [2.24, 2.45) is 0 Å². The van der Waals surface area contributed by atoms with Crippen molar-refractivity contribution in [2.75, 3.05) is 0 Å². The molecule has 4 heterocycles. The van der Waals surface area contributed by atoms with Crippen LogP contribution in [0.15, 0.2) is 130 Å². The van der Waals surface area contributed by atoms with Crippen LogP contribution in [0.25, 0.3) is 43.9 Å². The summed E-state index contributed by atoms with van der Waals surface area (Å²) >= 11 is 0. The number of para-hydroxylation sites is 2. The molecule has 0 bridgehead atoms. The van der Waals surface area contributed by atoms with Gasteiger partial charge in [-0.05, 0) is 24.3 Å². The molecule has 0 N–H and O–H groups in total. The van der Waals surface area contributed by atoms with E-state index in [0.29, 0.717) is 45.9 Å². The number of ether oxygens (including phenoxy) is 3. The summed E-state index contributed by atoms with van der Waals surface area (Å²) in [6, 6.07) is 34.1. The minimum atomic E-state index is 0.461. The van der Waals surface area contributed by atoms with Crippen LogP contribution in [0.3, 0.4) is 0 Å². The van der Waals surface area contributed by atoms with Gasteiger partial charge in [0.2, 0.25) is 11.8 Å². The Morgan fingerprint density at radius 1 is 0.439 bits per heavy atom. The summed E-state index contributed by atoms with van der Waals surface area (Å²) in [5, 5.41) is 3.50. The first-order valence-electron chi connectivity index (χ1n) is 13.0. The number of furan rings is 2. The molecule has 8 aromatic rings. The average molecular weight is 537 g/mol. The Bertz CT molecular complexity index is 2030. The standard InChI is InChI=1S/C34H20N2O5/c1-3-11-25-23(9-1)33-27(39-25)17-21(37-31-13-5-7-15-35-31)19-29(33)41-30-20-22(38-32-14-6-8-16-36-32)18-28-34(30)24-10-2-4-12-26(24)40-28/h1-20H. The number of fused-ring (bicyclic) bond motifs is 6. The van der Waals surface area contributed by atoms with Gasteiger partial charge in [-0.2, -0.15) is 0 Å². The smallest absolute Gasteiger partial charge is 0.219 e. The molecule has 0 spiro atoms. The van der Waals surface area contributed by atoms with Crippen LogP contribution in [-0.2, 0) is 0 Å². The Balaban J connectivity index is 1.33. The number of hydrogen-bond acceptors (Lipinski definition) is 7. The lowest BCUT2D eigenvalue weighted by molar-refractivity contribution is 0.445. The van der Waals surface area contributed by atoms with Crippen molar-refractivity contribution >= 4 is 43.9 Å². The Hall–Kier alpha value is -5.82. The van der Waals surface area contributed by atoms with E-state index in [1.807, 2.05) is 97.1 Å². The number of nitrogens with zero attached hydrogens (tertiary/aromatic N) is 2. The molecule has 0 atom stereocenters. The molecule has 7 heteroatoms. The fraction of sp³-hybridized carbons (Fsp3) is 0. The molecule has 8 rings (SSSR count). The summed E-state index contributed by atoms with van der Waals surface area (Å²) < 4.78 is 31.4. The molecule has 0 saturated heterocycles. The molecule has 41 heavy (non-hydrogen) atoms. The second-order valence-electron chi connectivity index (χ2n) is 9.43. The molecule has 196 valence electrons. The van der Waals surface area contributed by atoms with Gasteiger partial charge in [0.25, 0.3) is 0 Å². The van der Waals surface area contributed by atoms with Gasteiger partial charge in [0.1, 0.15) is 45.3 Å². The van der Waals surface area contributed by atoms with Crippen LogP contribution in [-0.4, -0.2) is 9.97 Å². The zero-order valence-electron chi connectivity index (χ0n) is 21.5. The summed E-state index contributed by atoms with van der Waals surface area (Å²) in [6.07, 6.45) is 3.36. The lowest BCUT2D eigenvalue weighted by Gasteiger charge is -2.13. The van der Waals surface area contributed by atoms with Crippen molar-refractivity contribution in [3.05, 3.63) is 122 Å². The number of rotatable bonds is 6. The first-order valence-corrected chi connectivity index (χ1v) is 13.0. The largest absolute Gasteiger partial charge is 0.456 e. The van der Waals surface area contributed by atoms with Crippen molar-refractivity contribution in [1.82, 2.24) is 9.97 Å². The maximum absolute atomic E-state index is 6.77. The van der Waals surface area contributed by atoms with Crippen molar-refractivity contribution in [3.8, 4) is 34.8 Å². The fourth-order valence-electron chi connectivity index (χ4n) is 5.04. The van der Waals surface area contributed by atoms with Crippen LogP contribution in [0.5, 0.6) is 34.8 Å². The SMILES string of the molecule is c1ccc(Oc2cc(Oc3cc(Oc4ccccn4)cc4oc5ccccc5c34)c3c(c2)oc2ccccc23)nc1. The highest BCUT2D eigenvalue weighted by atomic mass is 16.5. The fourth-order valence-corrected chi connectivity index (χ4v) is 5.04. The van der Waals surface area contributed by atoms with E-state index in [2.05, 4.69) is 9.97 Å². The van der Waals surface area contributed by atoms with Crippen molar-refractivity contribution in [3.63, 3.8) is 0 Å². The van der Waals surface area contributed by atoms with E-state index in [-0.39, 0.29) is 0 Å².